The molecule has 0 bridgehead atoms. The predicted molar refractivity (Wildman–Crippen MR) is 104 cm³/mol. The van der Waals surface area contributed by atoms with E-state index in [9.17, 15) is 4.79 Å². The van der Waals surface area contributed by atoms with E-state index in [2.05, 4.69) is 54.1 Å². The van der Waals surface area contributed by atoms with Gasteiger partial charge in [-0.1, -0.05) is 32.0 Å². The predicted octanol–water partition coefficient (Wildman–Crippen LogP) is 4.93. The lowest BCUT2D eigenvalue weighted by Gasteiger charge is -2.09. The molecule has 4 aromatic rings. The largest absolute Gasteiger partial charge is 0.366 e. The molecule has 0 atom stereocenters. The Bertz CT molecular complexity index is 1070. The number of amides is 1. The van der Waals surface area contributed by atoms with E-state index < -0.39 is 5.91 Å². The molecule has 125 valence electrons. The number of thiophene rings is 1. The maximum Gasteiger partial charge on any atom is 0.249 e. The van der Waals surface area contributed by atoms with Crippen molar-refractivity contribution in [2.75, 3.05) is 0 Å². The first-order chi connectivity index (χ1) is 12.1. The molecule has 2 aromatic carbocycles. The van der Waals surface area contributed by atoms with Crippen molar-refractivity contribution in [1.29, 1.82) is 0 Å². The topological polar surface area (TPSA) is 48.0 Å². The molecule has 0 aliphatic rings. The summed E-state index contributed by atoms with van der Waals surface area (Å²) in [6.07, 6.45) is 0. The molecule has 0 aliphatic heterocycles. The third kappa shape index (κ3) is 2.63. The lowest BCUT2D eigenvalue weighted by Crippen LogP contribution is -2.11. The normalized spacial score (nSPS) is 11.6. The van der Waals surface area contributed by atoms with Crippen molar-refractivity contribution < 1.29 is 4.79 Å². The van der Waals surface area contributed by atoms with Crippen LogP contribution in [-0.4, -0.2) is 10.5 Å². The molecule has 25 heavy (non-hydrogen) atoms. The van der Waals surface area contributed by atoms with Gasteiger partial charge in [-0.05, 0) is 47.2 Å². The smallest absolute Gasteiger partial charge is 0.249 e. The van der Waals surface area contributed by atoms with Crippen LogP contribution >= 0.6 is 11.3 Å². The second-order valence-corrected chi connectivity index (χ2v) is 7.61. The Kier molecular flexibility index (Phi) is 3.85. The van der Waals surface area contributed by atoms with E-state index in [4.69, 9.17) is 5.73 Å². The second-order valence-electron chi connectivity index (χ2n) is 6.58. The highest BCUT2D eigenvalue weighted by molar-refractivity contribution is 7.09. The van der Waals surface area contributed by atoms with Crippen molar-refractivity contribution in [3.63, 3.8) is 0 Å². The average Bonchev–Trinajstić information content (AvgIpc) is 3.21. The molecule has 0 fully saturated rings. The number of benzene rings is 2. The highest BCUT2D eigenvalue weighted by Crippen LogP contribution is 2.34. The zero-order chi connectivity index (χ0) is 17.6. The van der Waals surface area contributed by atoms with Gasteiger partial charge in [0.05, 0.1) is 17.6 Å². The fourth-order valence-corrected chi connectivity index (χ4v) is 4.03. The van der Waals surface area contributed by atoms with Crippen molar-refractivity contribution in [1.82, 2.24) is 4.57 Å². The minimum Gasteiger partial charge on any atom is -0.366 e. The Hall–Kier alpha value is -2.59. The first-order valence-electron chi connectivity index (χ1n) is 8.35. The molecule has 0 spiro atoms. The number of hydrogen-bond donors (Lipinski definition) is 1. The highest BCUT2D eigenvalue weighted by atomic mass is 32.1. The molecule has 4 rings (SSSR count). The Balaban J connectivity index is 2.09. The molecule has 0 saturated carbocycles. The molecule has 2 N–H and O–H groups in total. The lowest BCUT2D eigenvalue weighted by molar-refractivity contribution is 0.100. The minimum atomic E-state index is -0.401. The highest BCUT2D eigenvalue weighted by Gasteiger charge is 2.17. The zero-order valence-corrected chi connectivity index (χ0v) is 15.1. The van der Waals surface area contributed by atoms with Crippen LogP contribution in [0.1, 0.15) is 40.6 Å². The first kappa shape index (κ1) is 15.9. The van der Waals surface area contributed by atoms with Crippen LogP contribution < -0.4 is 5.73 Å². The van der Waals surface area contributed by atoms with Gasteiger partial charge >= 0.3 is 0 Å². The van der Waals surface area contributed by atoms with Gasteiger partial charge in [0.1, 0.15) is 0 Å². The summed E-state index contributed by atoms with van der Waals surface area (Å²) < 4.78 is 2.27. The van der Waals surface area contributed by atoms with Crippen LogP contribution in [0, 0.1) is 6.07 Å². The minimum absolute atomic E-state index is 0.401. The number of carbonyl (C=O) groups excluding carboxylic acids is 1. The molecule has 0 unspecified atom stereocenters. The number of carbonyl (C=O) groups is 1. The number of hydrogen-bond acceptors (Lipinski definition) is 2. The molecule has 3 nitrogen and oxygen atoms in total. The van der Waals surface area contributed by atoms with E-state index >= 15 is 0 Å². The Labute approximate surface area is 150 Å². The summed E-state index contributed by atoms with van der Waals surface area (Å²) in [6.45, 7) is 5.13. The summed E-state index contributed by atoms with van der Waals surface area (Å²) in [5, 5.41) is 3.95. The number of rotatable bonds is 4. The van der Waals surface area contributed by atoms with Crippen LogP contribution in [0.25, 0.3) is 21.8 Å². The van der Waals surface area contributed by atoms with Crippen LogP contribution in [-0.2, 0) is 6.54 Å². The van der Waals surface area contributed by atoms with Gasteiger partial charge in [-0.2, -0.15) is 0 Å². The van der Waals surface area contributed by atoms with Crippen molar-refractivity contribution in [2.24, 2.45) is 5.73 Å². The number of aromatic nitrogens is 1. The standard InChI is InChI=1S/C21H19N2OS/c1-13(2)14-8-9-16-19(11-14)23(12-15-5-4-10-25-15)18-7-3-6-17(20(16)18)21(22)24/h3-8,10-11,13H,12H2,1-2H3,(H2,22,24). The molecule has 0 saturated heterocycles. The maximum absolute atomic E-state index is 12.0. The van der Waals surface area contributed by atoms with Crippen molar-refractivity contribution in [3.05, 3.63) is 69.9 Å². The summed E-state index contributed by atoms with van der Waals surface area (Å²) in [6, 6.07) is 17.6. The second kappa shape index (κ2) is 6.05. The van der Waals surface area contributed by atoms with Crippen LogP contribution in [0.5, 0.6) is 0 Å². The molecule has 1 radical (unpaired) electrons. The zero-order valence-electron chi connectivity index (χ0n) is 14.2. The van der Waals surface area contributed by atoms with Gasteiger partial charge < -0.3 is 10.3 Å². The molecular weight excluding hydrogens is 328 g/mol. The average molecular weight is 347 g/mol. The van der Waals surface area contributed by atoms with E-state index in [0.717, 1.165) is 28.4 Å². The van der Waals surface area contributed by atoms with Crippen LogP contribution in [0.4, 0.5) is 0 Å². The Morgan fingerprint density at radius 1 is 1.24 bits per heavy atom. The van der Waals surface area contributed by atoms with Gasteiger partial charge in [0, 0.05) is 21.2 Å². The van der Waals surface area contributed by atoms with E-state index in [0.29, 0.717) is 11.5 Å². The summed E-state index contributed by atoms with van der Waals surface area (Å²) in [4.78, 5) is 13.2. The molecule has 2 heterocycles. The van der Waals surface area contributed by atoms with Gasteiger partial charge in [0.15, 0.2) is 0 Å². The fraction of sp³-hybridized carbons (Fsp3) is 0.190. The monoisotopic (exact) mass is 347 g/mol. The summed E-state index contributed by atoms with van der Waals surface area (Å²) >= 11 is 1.74. The molecule has 2 aromatic heterocycles. The van der Waals surface area contributed by atoms with Gasteiger partial charge in [-0.3, -0.25) is 4.79 Å². The Morgan fingerprint density at radius 3 is 2.76 bits per heavy atom. The molecule has 1 amide bonds. The molecule has 0 aliphatic carbocycles. The summed E-state index contributed by atoms with van der Waals surface area (Å²) in [5.41, 5.74) is 9.56. The van der Waals surface area contributed by atoms with E-state index in [-0.39, 0.29) is 0 Å². The van der Waals surface area contributed by atoms with E-state index in [1.54, 1.807) is 17.4 Å². The number of nitrogens with zero attached hydrogens (tertiary/aromatic N) is 1. The van der Waals surface area contributed by atoms with Gasteiger partial charge in [0.2, 0.25) is 5.91 Å². The van der Waals surface area contributed by atoms with E-state index in [1.807, 2.05) is 12.1 Å². The lowest BCUT2D eigenvalue weighted by atomic mass is 10.00. The van der Waals surface area contributed by atoms with Crippen molar-refractivity contribution in [3.8, 4) is 0 Å². The van der Waals surface area contributed by atoms with Gasteiger partial charge in [-0.25, -0.2) is 0 Å². The molecular formula is C21H19N2OS. The van der Waals surface area contributed by atoms with Crippen LogP contribution in [0.3, 0.4) is 0 Å². The molecule has 4 heteroatoms. The number of primary amides is 1. The summed E-state index contributed by atoms with van der Waals surface area (Å²) in [7, 11) is 0. The quantitative estimate of drug-likeness (QED) is 0.559. The van der Waals surface area contributed by atoms with Crippen molar-refractivity contribution >= 4 is 39.0 Å². The van der Waals surface area contributed by atoms with Gasteiger partial charge in [0.25, 0.3) is 0 Å². The van der Waals surface area contributed by atoms with E-state index in [1.165, 1.54) is 10.4 Å². The van der Waals surface area contributed by atoms with Crippen LogP contribution in [0.15, 0.2) is 47.8 Å². The fourth-order valence-electron chi connectivity index (χ4n) is 3.34. The van der Waals surface area contributed by atoms with Crippen molar-refractivity contribution in [2.45, 2.75) is 26.3 Å². The Morgan fingerprint density at radius 2 is 2.08 bits per heavy atom. The van der Waals surface area contributed by atoms with Gasteiger partial charge in [-0.15, -0.1) is 11.3 Å². The maximum atomic E-state index is 12.0. The SMILES string of the molecule is CC(C)c1c[c]c2c3c(C(N)=O)cccc3n(Cc3cccs3)c2c1. The third-order valence-corrected chi connectivity index (χ3v) is 5.50. The first-order valence-corrected chi connectivity index (χ1v) is 9.23. The third-order valence-electron chi connectivity index (χ3n) is 4.64. The van der Waals surface area contributed by atoms with Crippen LogP contribution in [0.2, 0.25) is 0 Å². The number of fused-ring (bicyclic) bond motifs is 3. The number of nitrogens with two attached hydrogens (primary N) is 1. The summed E-state index contributed by atoms with van der Waals surface area (Å²) in [5.74, 6) is 0.0200.